The molecule has 2 aromatic carbocycles. The molecule has 0 saturated carbocycles. The highest BCUT2D eigenvalue weighted by Gasteiger charge is 2.10. The summed E-state index contributed by atoms with van der Waals surface area (Å²) in [5.41, 5.74) is 6.93. The van der Waals surface area contributed by atoms with Crippen molar-refractivity contribution in [1.82, 2.24) is 4.90 Å². The van der Waals surface area contributed by atoms with E-state index in [-0.39, 0.29) is 5.91 Å². The van der Waals surface area contributed by atoms with Crippen LogP contribution in [0.4, 0.5) is 5.69 Å². The largest absolute Gasteiger partial charge is 0.325 e. The number of carbonyl (C=O) groups is 1. The van der Waals surface area contributed by atoms with Crippen LogP contribution in [0.15, 0.2) is 36.4 Å². The van der Waals surface area contributed by atoms with E-state index in [9.17, 15) is 4.79 Å². The highest BCUT2D eigenvalue weighted by molar-refractivity contribution is 5.93. The average molecular weight is 310 g/mol. The normalized spacial score (nSPS) is 10.9. The van der Waals surface area contributed by atoms with Crippen molar-refractivity contribution in [2.45, 2.75) is 34.2 Å². The Morgan fingerprint density at radius 3 is 2.30 bits per heavy atom. The van der Waals surface area contributed by atoms with Gasteiger partial charge in [-0.25, -0.2) is 0 Å². The van der Waals surface area contributed by atoms with E-state index in [0.717, 1.165) is 23.4 Å². The molecule has 0 spiro atoms. The van der Waals surface area contributed by atoms with E-state index < -0.39 is 0 Å². The maximum absolute atomic E-state index is 12.3. The van der Waals surface area contributed by atoms with Crippen LogP contribution in [0.1, 0.15) is 27.8 Å². The van der Waals surface area contributed by atoms with Crippen molar-refractivity contribution in [2.24, 2.45) is 0 Å². The van der Waals surface area contributed by atoms with E-state index in [4.69, 9.17) is 0 Å². The first kappa shape index (κ1) is 17.2. The Labute approximate surface area is 139 Å². The van der Waals surface area contributed by atoms with Crippen molar-refractivity contribution in [3.8, 4) is 0 Å². The molecule has 0 saturated heterocycles. The number of hydrogen-bond donors (Lipinski definition) is 1. The summed E-state index contributed by atoms with van der Waals surface area (Å²) in [6, 6.07) is 12.5. The van der Waals surface area contributed by atoms with Crippen LogP contribution >= 0.6 is 0 Å². The van der Waals surface area contributed by atoms with Gasteiger partial charge in [-0.2, -0.15) is 0 Å². The summed E-state index contributed by atoms with van der Waals surface area (Å²) in [4.78, 5) is 14.3. The molecule has 1 amide bonds. The Morgan fingerprint density at radius 1 is 0.957 bits per heavy atom. The summed E-state index contributed by atoms with van der Waals surface area (Å²) >= 11 is 0. The number of rotatable bonds is 5. The lowest BCUT2D eigenvalue weighted by atomic mass is 10.1. The standard InChI is InChI=1S/C20H26N2O/c1-14-7-9-18(17(4)10-14)12-22(5)13-20(23)21-19-11-15(2)6-8-16(19)3/h6-11H,12-13H2,1-5H3,(H,21,23). The van der Waals surface area contributed by atoms with Gasteiger partial charge >= 0.3 is 0 Å². The molecule has 3 heteroatoms. The average Bonchev–Trinajstić information content (AvgIpc) is 2.46. The molecule has 0 aliphatic carbocycles. The Morgan fingerprint density at radius 2 is 1.61 bits per heavy atom. The molecule has 0 atom stereocenters. The van der Waals surface area contributed by atoms with Crippen LogP contribution in [0.3, 0.4) is 0 Å². The van der Waals surface area contributed by atoms with Crippen LogP contribution in [0.5, 0.6) is 0 Å². The zero-order valence-corrected chi connectivity index (χ0v) is 14.7. The monoisotopic (exact) mass is 310 g/mol. The van der Waals surface area contributed by atoms with E-state index in [1.807, 2.05) is 37.9 Å². The summed E-state index contributed by atoms with van der Waals surface area (Å²) in [5, 5.41) is 3.01. The van der Waals surface area contributed by atoms with E-state index in [1.54, 1.807) is 0 Å². The number of amides is 1. The van der Waals surface area contributed by atoms with Gasteiger partial charge in [0, 0.05) is 12.2 Å². The number of hydrogen-bond acceptors (Lipinski definition) is 2. The molecule has 23 heavy (non-hydrogen) atoms. The number of benzene rings is 2. The molecule has 3 nitrogen and oxygen atoms in total. The fourth-order valence-electron chi connectivity index (χ4n) is 2.68. The van der Waals surface area contributed by atoms with Crippen LogP contribution in [0.25, 0.3) is 0 Å². The Hall–Kier alpha value is -2.13. The third-order valence-electron chi connectivity index (χ3n) is 4.02. The van der Waals surface area contributed by atoms with Gasteiger partial charge in [0.25, 0.3) is 0 Å². The lowest BCUT2D eigenvalue weighted by Gasteiger charge is -2.18. The topological polar surface area (TPSA) is 32.3 Å². The highest BCUT2D eigenvalue weighted by Crippen LogP contribution is 2.16. The molecule has 0 fully saturated rings. The molecule has 0 radical (unpaired) electrons. The number of likely N-dealkylation sites (N-methyl/N-ethyl adjacent to an activating group) is 1. The Kier molecular flexibility index (Phi) is 5.56. The van der Waals surface area contributed by atoms with Crippen LogP contribution in [0.2, 0.25) is 0 Å². The van der Waals surface area contributed by atoms with Gasteiger partial charge in [-0.3, -0.25) is 9.69 Å². The second kappa shape index (κ2) is 7.42. The predicted octanol–water partition coefficient (Wildman–Crippen LogP) is 3.99. The summed E-state index contributed by atoms with van der Waals surface area (Å²) in [5.74, 6) is 0.0194. The maximum Gasteiger partial charge on any atom is 0.238 e. The first-order valence-electron chi connectivity index (χ1n) is 7.97. The van der Waals surface area contributed by atoms with Crippen molar-refractivity contribution in [3.05, 3.63) is 64.2 Å². The number of aryl methyl sites for hydroxylation is 4. The molecular formula is C20H26N2O. The summed E-state index contributed by atoms with van der Waals surface area (Å²) in [6.45, 7) is 9.40. The Balaban J connectivity index is 1.95. The zero-order valence-electron chi connectivity index (χ0n) is 14.7. The minimum atomic E-state index is 0.0194. The van der Waals surface area contributed by atoms with Crippen LogP contribution in [-0.2, 0) is 11.3 Å². The third-order valence-corrected chi connectivity index (χ3v) is 4.02. The van der Waals surface area contributed by atoms with Crippen molar-refractivity contribution in [2.75, 3.05) is 18.9 Å². The van der Waals surface area contributed by atoms with Crippen molar-refractivity contribution in [1.29, 1.82) is 0 Å². The molecule has 0 heterocycles. The molecule has 2 aromatic rings. The maximum atomic E-state index is 12.3. The Bertz CT molecular complexity index is 707. The van der Waals surface area contributed by atoms with Gasteiger partial charge in [-0.1, -0.05) is 35.9 Å². The van der Waals surface area contributed by atoms with Gasteiger partial charge in [0.2, 0.25) is 5.91 Å². The lowest BCUT2D eigenvalue weighted by Crippen LogP contribution is -2.30. The summed E-state index contributed by atoms with van der Waals surface area (Å²) in [6.07, 6.45) is 0. The number of nitrogens with zero attached hydrogens (tertiary/aromatic N) is 1. The fraction of sp³-hybridized carbons (Fsp3) is 0.350. The highest BCUT2D eigenvalue weighted by atomic mass is 16.2. The zero-order chi connectivity index (χ0) is 17.0. The SMILES string of the molecule is Cc1ccc(CN(C)CC(=O)Nc2cc(C)ccc2C)c(C)c1. The van der Waals surface area contributed by atoms with Gasteiger partial charge in [-0.05, 0) is 63.1 Å². The summed E-state index contributed by atoms with van der Waals surface area (Å²) < 4.78 is 0. The van der Waals surface area contributed by atoms with Gasteiger partial charge in [-0.15, -0.1) is 0 Å². The second-order valence-electron chi connectivity index (χ2n) is 6.47. The first-order chi connectivity index (χ1) is 10.8. The first-order valence-corrected chi connectivity index (χ1v) is 7.97. The molecular weight excluding hydrogens is 284 g/mol. The molecule has 2 rings (SSSR count). The molecule has 0 aliphatic heterocycles. The third kappa shape index (κ3) is 4.93. The molecule has 0 aliphatic rings. The predicted molar refractivity (Wildman–Crippen MR) is 96.8 cm³/mol. The van der Waals surface area contributed by atoms with E-state index in [1.165, 1.54) is 16.7 Å². The van der Waals surface area contributed by atoms with Gasteiger partial charge in [0.05, 0.1) is 6.54 Å². The van der Waals surface area contributed by atoms with Gasteiger partial charge < -0.3 is 5.32 Å². The second-order valence-corrected chi connectivity index (χ2v) is 6.47. The van der Waals surface area contributed by atoms with Crippen molar-refractivity contribution in [3.63, 3.8) is 0 Å². The lowest BCUT2D eigenvalue weighted by molar-refractivity contribution is -0.117. The molecule has 122 valence electrons. The molecule has 1 N–H and O–H groups in total. The van der Waals surface area contributed by atoms with E-state index in [0.29, 0.717) is 6.54 Å². The van der Waals surface area contributed by atoms with Crippen LogP contribution < -0.4 is 5.32 Å². The van der Waals surface area contributed by atoms with Gasteiger partial charge in [0.1, 0.15) is 0 Å². The smallest absolute Gasteiger partial charge is 0.238 e. The quantitative estimate of drug-likeness (QED) is 0.905. The van der Waals surface area contributed by atoms with Crippen molar-refractivity contribution >= 4 is 11.6 Å². The van der Waals surface area contributed by atoms with Gasteiger partial charge in [0.15, 0.2) is 0 Å². The van der Waals surface area contributed by atoms with Crippen molar-refractivity contribution < 1.29 is 4.79 Å². The van der Waals surface area contributed by atoms with Crippen LogP contribution in [0, 0.1) is 27.7 Å². The number of nitrogens with one attached hydrogen (secondary N) is 1. The minimum absolute atomic E-state index is 0.0194. The van der Waals surface area contributed by atoms with Crippen LogP contribution in [-0.4, -0.2) is 24.4 Å². The molecule has 0 aromatic heterocycles. The molecule has 0 unspecified atom stereocenters. The minimum Gasteiger partial charge on any atom is -0.325 e. The number of anilines is 1. The summed E-state index contributed by atoms with van der Waals surface area (Å²) in [7, 11) is 1.97. The molecule has 0 bridgehead atoms. The van der Waals surface area contributed by atoms with E-state index >= 15 is 0 Å². The van der Waals surface area contributed by atoms with E-state index in [2.05, 4.69) is 43.4 Å². The fourth-order valence-corrected chi connectivity index (χ4v) is 2.68. The number of carbonyl (C=O) groups excluding carboxylic acids is 1.